The van der Waals surface area contributed by atoms with E-state index in [0.29, 0.717) is 17.9 Å². The topological polar surface area (TPSA) is 29.9 Å². The maximum Gasteiger partial charge on any atom is 0.0635 e. The van der Waals surface area contributed by atoms with Crippen LogP contribution in [0.25, 0.3) is 0 Å². The van der Waals surface area contributed by atoms with Gasteiger partial charge in [-0.15, -0.1) is 0 Å². The van der Waals surface area contributed by atoms with E-state index in [9.17, 15) is 0 Å². The summed E-state index contributed by atoms with van der Waals surface area (Å²) in [6.07, 6.45) is 5.93. The Balaban J connectivity index is 2.20. The van der Waals surface area contributed by atoms with Crippen molar-refractivity contribution in [3.63, 3.8) is 0 Å². The maximum atomic E-state index is 4.44. The Kier molecular flexibility index (Phi) is 5.89. The van der Waals surface area contributed by atoms with Crippen LogP contribution in [-0.4, -0.2) is 22.4 Å². The van der Waals surface area contributed by atoms with Crippen LogP contribution in [0.4, 0.5) is 0 Å². The molecule has 0 aliphatic heterocycles. The SMILES string of the molecule is CC(C)NCC1CCC(C(C)C)CC1c1c(Br)cnn1C. The van der Waals surface area contributed by atoms with Gasteiger partial charge in [0.05, 0.1) is 16.4 Å². The fraction of sp³-hybridized carbons (Fsp3) is 0.824. The van der Waals surface area contributed by atoms with Gasteiger partial charge in [-0.05, 0) is 59.5 Å². The summed E-state index contributed by atoms with van der Waals surface area (Å²) in [6, 6.07) is 0.559. The van der Waals surface area contributed by atoms with Gasteiger partial charge in [0.25, 0.3) is 0 Å². The second-order valence-corrected chi connectivity index (χ2v) is 8.10. The molecule has 21 heavy (non-hydrogen) atoms. The van der Waals surface area contributed by atoms with E-state index in [0.717, 1.165) is 18.4 Å². The molecule has 0 amide bonds. The summed E-state index contributed by atoms with van der Waals surface area (Å²) in [4.78, 5) is 0. The van der Waals surface area contributed by atoms with Gasteiger partial charge in [-0.25, -0.2) is 0 Å². The fourth-order valence-corrected chi connectivity index (χ4v) is 4.32. The van der Waals surface area contributed by atoms with Gasteiger partial charge in [-0.3, -0.25) is 4.68 Å². The third kappa shape index (κ3) is 4.10. The van der Waals surface area contributed by atoms with E-state index in [4.69, 9.17) is 0 Å². The van der Waals surface area contributed by atoms with E-state index in [1.165, 1.54) is 29.4 Å². The van der Waals surface area contributed by atoms with Crippen molar-refractivity contribution in [2.75, 3.05) is 6.54 Å². The number of aromatic nitrogens is 2. The van der Waals surface area contributed by atoms with Crippen molar-refractivity contribution in [2.45, 2.75) is 58.9 Å². The molecule has 3 unspecified atom stereocenters. The predicted molar refractivity (Wildman–Crippen MR) is 92.5 cm³/mol. The lowest BCUT2D eigenvalue weighted by Crippen LogP contribution is -2.36. The molecule has 4 heteroatoms. The lowest BCUT2D eigenvalue weighted by molar-refractivity contribution is 0.183. The van der Waals surface area contributed by atoms with Crippen LogP contribution in [0.15, 0.2) is 10.7 Å². The molecule has 3 nitrogen and oxygen atoms in total. The number of aryl methyl sites for hydroxylation is 1. The first kappa shape index (κ1) is 17.0. The molecule has 120 valence electrons. The van der Waals surface area contributed by atoms with Crippen molar-refractivity contribution in [1.82, 2.24) is 15.1 Å². The molecular weight excluding hydrogens is 326 g/mol. The zero-order valence-electron chi connectivity index (χ0n) is 14.1. The number of halogens is 1. The highest BCUT2D eigenvalue weighted by Crippen LogP contribution is 2.44. The minimum absolute atomic E-state index is 0.559. The Morgan fingerprint density at radius 2 is 2.05 bits per heavy atom. The maximum absolute atomic E-state index is 4.44. The van der Waals surface area contributed by atoms with Crippen LogP contribution in [0.1, 0.15) is 58.6 Å². The first-order valence-electron chi connectivity index (χ1n) is 8.30. The molecule has 1 aromatic heterocycles. The second-order valence-electron chi connectivity index (χ2n) is 7.25. The Bertz CT molecular complexity index is 433. The van der Waals surface area contributed by atoms with E-state index in [1.807, 2.05) is 6.20 Å². The van der Waals surface area contributed by atoms with Crippen LogP contribution < -0.4 is 5.32 Å². The lowest BCUT2D eigenvalue weighted by Gasteiger charge is -2.38. The summed E-state index contributed by atoms with van der Waals surface area (Å²) in [7, 11) is 2.08. The summed E-state index contributed by atoms with van der Waals surface area (Å²) in [5.41, 5.74) is 1.39. The minimum atomic E-state index is 0.559. The van der Waals surface area contributed by atoms with Gasteiger partial charge in [-0.2, -0.15) is 5.10 Å². The van der Waals surface area contributed by atoms with Gasteiger partial charge in [-0.1, -0.05) is 27.7 Å². The Morgan fingerprint density at radius 3 is 2.57 bits per heavy atom. The standard InChI is InChI=1S/C17H30BrN3/c1-11(2)13-6-7-14(9-19-12(3)4)15(8-13)17-16(18)10-20-21(17)5/h10-15,19H,6-9H2,1-5H3. The summed E-state index contributed by atoms with van der Waals surface area (Å²) in [5, 5.41) is 8.09. The van der Waals surface area contributed by atoms with Crippen molar-refractivity contribution < 1.29 is 0 Å². The van der Waals surface area contributed by atoms with Crippen LogP contribution in [-0.2, 0) is 7.05 Å². The number of rotatable bonds is 5. The monoisotopic (exact) mass is 355 g/mol. The molecule has 0 spiro atoms. The molecule has 2 rings (SSSR count). The Morgan fingerprint density at radius 1 is 1.33 bits per heavy atom. The third-order valence-corrected chi connectivity index (χ3v) is 5.66. The smallest absolute Gasteiger partial charge is 0.0635 e. The molecule has 1 aromatic rings. The fourth-order valence-electron chi connectivity index (χ4n) is 3.67. The van der Waals surface area contributed by atoms with Crippen LogP contribution >= 0.6 is 15.9 Å². The van der Waals surface area contributed by atoms with Gasteiger partial charge < -0.3 is 5.32 Å². The highest BCUT2D eigenvalue weighted by Gasteiger charge is 2.35. The van der Waals surface area contributed by atoms with E-state index >= 15 is 0 Å². The number of hydrogen-bond acceptors (Lipinski definition) is 2. The summed E-state index contributed by atoms with van der Waals surface area (Å²) >= 11 is 3.71. The largest absolute Gasteiger partial charge is 0.314 e. The van der Waals surface area contributed by atoms with Crippen molar-refractivity contribution >= 4 is 15.9 Å². The number of hydrogen-bond donors (Lipinski definition) is 1. The van der Waals surface area contributed by atoms with E-state index in [-0.39, 0.29) is 0 Å². The van der Waals surface area contributed by atoms with Gasteiger partial charge >= 0.3 is 0 Å². The van der Waals surface area contributed by atoms with Crippen molar-refractivity contribution in [3.8, 4) is 0 Å². The highest BCUT2D eigenvalue weighted by molar-refractivity contribution is 9.10. The lowest BCUT2D eigenvalue weighted by atomic mass is 9.69. The normalized spacial score (nSPS) is 26.8. The van der Waals surface area contributed by atoms with E-state index in [2.05, 4.69) is 65.8 Å². The molecule has 1 heterocycles. The number of nitrogens with zero attached hydrogens (tertiary/aromatic N) is 2. The van der Waals surface area contributed by atoms with Gasteiger partial charge in [0, 0.05) is 19.0 Å². The highest BCUT2D eigenvalue weighted by atomic mass is 79.9. The van der Waals surface area contributed by atoms with E-state index < -0.39 is 0 Å². The summed E-state index contributed by atoms with van der Waals surface area (Å²) in [5.74, 6) is 2.94. The number of nitrogens with one attached hydrogen (secondary N) is 1. The molecule has 1 N–H and O–H groups in total. The molecule has 1 fully saturated rings. The molecule has 3 atom stereocenters. The van der Waals surface area contributed by atoms with Gasteiger partial charge in [0.1, 0.15) is 0 Å². The molecule has 0 aromatic carbocycles. The van der Waals surface area contributed by atoms with Crippen LogP contribution in [0.5, 0.6) is 0 Å². The van der Waals surface area contributed by atoms with Crippen LogP contribution in [0.2, 0.25) is 0 Å². The zero-order valence-corrected chi connectivity index (χ0v) is 15.7. The van der Waals surface area contributed by atoms with E-state index in [1.54, 1.807) is 0 Å². The van der Waals surface area contributed by atoms with Crippen molar-refractivity contribution in [3.05, 3.63) is 16.4 Å². The van der Waals surface area contributed by atoms with Gasteiger partial charge in [0.15, 0.2) is 0 Å². The quantitative estimate of drug-likeness (QED) is 0.851. The Hall–Kier alpha value is -0.350. The van der Waals surface area contributed by atoms with Crippen molar-refractivity contribution in [2.24, 2.45) is 24.8 Å². The summed E-state index contributed by atoms with van der Waals surface area (Å²) in [6.45, 7) is 10.3. The molecule has 1 saturated carbocycles. The minimum Gasteiger partial charge on any atom is -0.314 e. The molecule has 1 aliphatic carbocycles. The zero-order chi connectivity index (χ0) is 15.6. The van der Waals surface area contributed by atoms with Crippen LogP contribution in [0, 0.1) is 17.8 Å². The van der Waals surface area contributed by atoms with Gasteiger partial charge in [0.2, 0.25) is 0 Å². The average Bonchev–Trinajstić information content (AvgIpc) is 2.75. The molecule has 1 aliphatic rings. The average molecular weight is 356 g/mol. The molecular formula is C17H30BrN3. The van der Waals surface area contributed by atoms with Crippen LogP contribution in [0.3, 0.4) is 0 Å². The molecule has 0 radical (unpaired) electrons. The second kappa shape index (κ2) is 7.28. The van der Waals surface area contributed by atoms with Crippen molar-refractivity contribution in [1.29, 1.82) is 0 Å². The predicted octanol–water partition coefficient (Wildman–Crippen LogP) is 4.34. The Labute approximate surface area is 138 Å². The summed E-state index contributed by atoms with van der Waals surface area (Å²) < 4.78 is 3.24. The third-order valence-electron chi connectivity index (χ3n) is 5.05. The molecule has 0 saturated heterocycles. The first-order chi connectivity index (χ1) is 9.90. The molecule has 0 bridgehead atoms. The first-order valence-corrected chi connectivity index (χ1v) is 9.10.